The van der Waals surface area contributed by atoms with Gasteiger partial charge in [0, 0.05) is 22.3 Å². The summed E-state index contributed by atoms with van der Waals surface area (Å²) in [6.07, 6.45) is 0. The SMILES string of the molecule is Cc1c(Br)cccc1NCc1ccc(C(=O)Nc2ccccc2N)cc1. The predicted octanol–water partition coefficient (Wildman–Crippen LogP) is 5.20. The van der Waals surface area contributed by atoms with E-state index < -0.39 is 0 Å². The normalized spacial score (nSPS) is 10.4. The van der Waals surface area contributed by atoms with Gasteiger partial charge in [-0.05, 0) is 54.4 Å². The molecule has 5 heteroatoms. The van der Waals surface area contributed by atoms with Gasteiger partial charge in [0.1, 0.15) is 0 Å². The maximum Gasteiger partial charge on any atom is 0.255 e. The second-order valence-corrected chi connectivity index (χ2v) is 6.86. The van der Waals surface area contributed by atoms with Crippen LogP contribution < -0.4 is 16.4 Å². The van der Waals surface area contributed by atoms with Gasteiger partial charge >= 0.3 is 0 Å². The van der Waals surface area contributed by atoms with Crippen molar-refractivity contribution in [2.45, 2.75) is 13.5 Å². The second-order valence-electron chi connectivity index (χ2n) is 6.00. The molecule has 0 unspecified atom stereocenters. The van der Waals surface area contributed by atoms with E-state index >= 15 is 0 Å². The summed E-state index contributed by atoms with van der Waals surface area (Å²) < 4.78 is 1.08. The van der Waals surface area contributed by atoms with Crippen LogP contribution in [0.1, 0.15) is 21.5 Å². The van der Waals surface area contributed by atoms with Crippen molar-refractivity contribution in [1.29, 1.82) is 0 Å². The quantitative estimate of drug-likeness (QED) is 0.507. The highest BCUT2D eigenvalue weighted by Gasteiger charge is 2.08. The molecule has 4 N–H and O–H groups in total. The Morgan fingerprint density at radius 1 is 0.962 bits per heavy atom. The zero-order valence-electron chi connectivity index (χ0n) is 14.4. The van der Waals surface area contributed by atoms with Crippen molar-refractivity contribution >= 4 is 38.9 Å². The highest BCUT2D eigenvalue weighted by Crippen LogP contribution is 2.24. The van der Waals surface area contributed by atoms with Crippen LogP contribution in [0.5, 0.6) is 0 Å². The molecular weight excluding hydrogens is 390 g/mol. The maximum atomic E-state index is 12.4. The number of rotatable bonds is 5. The fraction of sp³-hybridized carbons (Fsp3) is 0.0952. The average molecular weight is 410 g/mol. The molecule has 0 heterocycles. The molecule has 0 saturated heterocycles. The molecule has 0 spiro atoms. The zero-order chi connectivity index (χ0) is 18.5. The lowest BCUT2D eigenvalue weighted by Gasteiger charge is -2.11. The molecule has 0 radical (unpaired) electrons. The molecule has 1 amide bonds. The van der Waals surface area contributed by atoms with Crippen molar-refractivity contribution in [3.05, 3.63) is 87.9 Å². The lowest BCUT2D eigenvalue weighted by atomic mass is 10.1. The van der Waals surface area contributed by atoms with E-state index in [4.69, 9.17) is 5.73 Å². The van der Waals surface area contributed by atoms with Crippen LogP contribution in [0.25, 0.3) is 0 Å². The summed E-state index contributed by atoms with van der Waals surface area (Å²) >= 11 is 3.54. The van der Waals surface area contributed by atoms with Crippen molar-refractivity contribution in [3.63, 3.8) is 0 Å². The Labute approximate surface area is 161 Å². The van der Waals surface area contributed by atoms with Crippen molar-refractivity contribution in [2.75, 3.05) is 16.4 Å². The van der Waals surface area contributed by atoms with Crippen molar-refractivity contribution in [1.82, 2.24) is 0 Å². The Bertz CT molecular complexity index is 923. The molecule has 4 nitrogen and oxygen atoms in total. The monoisotopic (exact) mass is 409 g/mol. The number of amides is 1. The third-order valence-corrected chi connectivity index (χ3v) is 5.03. The first-order valence-corrected chi connectivity index (χ1v) is 9.07. The summed E-state index contributed by atoms with van der Waals surface area (Å²) in [6.45, 7) is 2.75. The van der Waals surface area contributed by atoms with E-state index in [1.807, 2.05) is 54.6 Å². The average Bonchev–Trinajstić information content (AvgIpc) is 2.65. The van der Waals surface area contributed by atoms with Gasteiger partial charge < -0.3 is 16.4 Å². The first-order chi connectivity index (χ1) is 12.5. The van der Waals surface area contributed by atoms with E-state index in [-0.39, 0.29) is 5.91 Å². The van der Waals surface area contributed by atoms with Crippen molar-refractivity contribution in [2.24, 2.45) is 0 Å². The molecule has 0 bridgehead atoms. The number of hydrogen-bond acceptors (Lipinski definition) is 3. The highest BCUT2D eigenvalue weighted by molar-refractivity contribution is 9.10. The number of halogens is 1. The Hall–Kier alpha value is -2.79. The summed E-state index contributed by atoms with van der Waals surface area (Å²) in [6, 6.07) is 20.8. The minimum Gasteiger partial charge on any atom is -0.397 e. The molecule has 0 aliphatic carbocycles. The van der Waals surface area contributed by atoms with E-state index in [9.17, 15) is 4.79 Å². The van der Waals surface area contributed by atoms with Crippen LogP contribution in [-0.4, -0.2) is 5.91 Å². The van der Waals surface area contributed by atoms with Gasteiger partial charge in [0.2, 0.25) is 0 Å². The minimum absolute atomic E-state index is 0.176. The summed E-state index contributed by atoms with van der Waals surface area (Å²) in [4.78, 5) is 12.4. The van der Waals surface area contributed by atoms with E-state index in [1.54, 1.807) is 12.1 Å². The van der Waals surface area contributed by atoms with Crippen LogP contribution in [0, 0.1) is 6.92 Å². The second kappa shape index (κ2) is 8.06. The summed E-state index contributed by atoms with van der Waals surface area (Å²) in [5.41, 5.74) is 11.0. The van der Waals surface area contributed by atoms with E-state index in [2.05, 4.69) is 33.5 Å². The molecular formula is C21H20BrN3O. The first-order valence-electron chi connectivity index (χ1n) is 8.28. The van der Waals surface area contributed by atoms with Crippen LogP contribution in [-0.2, 0) is 6.54 Å². The van der Waals surface area contributed by atoms with E-state index in [0.29, 0.717) is 23.5 Å². The molecule has 132 valence electrons. The third-order valence-electron chi connectivity index (χ3n) is 4.18. The van der Waals surface area contributed by atoms with Gasteiger partial charge in [0.25, 0.3) is 5.91 Å². The number of benzene rings is 3. The molecule has 0 aliphatic rings. The smallest absolute Gasteiger partial charge is 0.255 e. The van der Waals surface area contributed by atoms with Crippen LogP contribution >= 0.6 is 15.9 Å². The molecule has 0 aliphatic heterocycles. The van der Waals surface area contributed by atoms with Gasteiger partial charge in [-0.3, -0.25) is 4.79 Å². The molecule has 0 saturated carbocycles. The standard InChI is InChI=1S/C21H20BrN3O/c1-14-17(22)5-4-8-19(14)24-13-15-9-11-16(12-10-15)21(26)25-20-7-3-2-6-18(20)23/h2-12,24H,13,23H2,1H3,(H,25,26). The summed E-state index contributed by atoms with van der Waals surface area (Å²) in [5, 5.41) is 6.25. The largest absolute Gasteiger partial charge is 0.397 e. The molecule has 3 aromatic rings. The molecule has 3 aromatic carbocycles. The van der Waals surface area contributed by atoms with Crippen LogP contribution in [0.15, 0.2) is 71.2 Å². The Kier molecular flexibility index (Phi) is 5.58. The first kappa shape index (κ1) is 18.0. The lowest BCUT2D eigenvalue weighted by Crippen LogP contribution is -2.13. The predicted molar refractivity (Wildman–Crippen MR) is 111 cm³/mol. The number of para-hydroxylation sites is 2. The molecule has 0 atom stereocenters. The molecule has 0 aromatic heterocycles. The number of hydrogen-bond donors (Lipinski definition) is 3. The highest BCUT2D eigenvalue weighted by atomic mass is 79.9. The van der Waals surface area contributed by atoms with Gasteiger partial charge in [-0.1, -0.05) is 46.3 Å². The fourth-order valence-corrected chi connectivity index (χ4v) is 2.94. The molecule has 3 rings (SSSR count). The van der Waals surface area contributed by atoms with E-state index in [0.717, 1.165) is 15.7 Å². The topological polar surface area (TPSA) is 67.2 Å². The van der Waals surface area contributed by atoms with Gasteiger partial charge in [-0.15, -0.1) is 0 Å². The van der Waals surface area contributed by atoms with E-state index in [1.165, 1.54) is 5.56 Å². The number of anilines is 3. The van der Waals surface area contributed by atoms with Crippen LogP contribution in [0.2, 0.25) is 0 Å². The number of nitrogens with two attached hydrogens (primary N) is 1. The van der Waals surface area contributed by atoms with Gasteiger partial charge in [-0.2, -0.15) is 0 Å². The number of carbonyl (C=O) groups is 1. The van der Waals surface area contributed by atoms with Gasteiger partial charge in [0.15, 0.2) is 0 Å². The van der Waals surface area contributed by atoms with Crippen molar-refractivity contribution in [3.8, 4) is 0 Å². The Morgan fingerprint density at radius 2 is 1.65 bits per heavy atom. The molecule has 0 fully saturated rings. The van der Waals surface area contributed by atoms with Crippen molar-refractivity contribution < 1.29 is 4.79 Å². The minimum atomic E-state index is -0.176. The lowest BCUT2D eigenvalue weighted by molar-refractivity contribution is 0.102. The van der Waals surface area contributed by atoms with Crippen LogP contribution in [0.4, 0.5) is 17.1 Å². The Morgan fingerprint density at radius 3 is 2.38 bits per heavy atom. The number of nitrogens with one attached hydrogen (secondary N) is 2. The summed E-state index contributed by atoms with van der Waals surface area (Å²) in [5.74, 6) is -0.176. The van der Waals surface area contributed by atoms with Crippen LogP contribution in [0.3, 0.4) is 0 Å². The number of carbonyl (C=O) groups excluding carboxylic acids is 1. The maximum absolute atomic E-state index is 12.4. The molecule has 26 heavy (non-hydrogen) atoms. The van der Waals surface area contributed by atoms with Gasteiger partial charge in [0.05, 0.1) is 11.4 Å². The Balaban J connectivity index is 1.64. The van der Waals surface area contributed by atoms with Gasteiger partial charge in [-0.25, -0.2) is 0 Å². The number of nitrogen functional groups attached to an aromatic ring is 1. The third kappa shape index (κ3) is 4.24. The fourth-order valence-electron chi connectivity index (χ4n) is 2.58. The summed E-state index contributed by atoms with van der Waals surface area (Å²) in [7, 11) is 0. The zero-order valence-corrected chi connectivity index (χ0v) is 16.0.